The maximum absolute atomic E-state index is 12.2. The molecule has 1 rings (SSSR count). The number of aliphatic hydroxyl groups excluding tert-OH is 1. The van der Waals surface area contributed by atoms with Crippen molar-refractivity contribution in [2.45, 2.75) is 39.7 Å². The van der Waals surface area contributed by atoms with Gasteiger partial charge in [-0.1, -0.05) is 13.8 Å². The van der Waals surface area contributed by atoms with E-state index in [-0.39, 0.29) is 31.0 Å². The van der Waals surface area contributed by atoms with Crippen molar-refractivity contribution in [3.8, 4) is 0 Å². The molecule has 1 aromatic rings. The van der Waals surface area contributed by atoms with E-state index in [9.17, 15) is 9.59 Å². The Labute approximate surface area is 130 Å². The number of carbonyl (C=O) groups excluding carboxylic acids is 2. The Morgan fingerprint density at radius 3 is 2.48 bits per heavy atom. The molecule has 1 heterocycles. The van der Waals surface area contributed by atoms with Crippen molar-refractivity contribution in [3.63, 3.8) is 0 Å². The zero-order valence-electron chi connectivity index (χ0n) is 12.9. The topological polar surface area (TPSA) is 69.6 Å². The van der Waals surface area contributed by atoms with E-state index in [0.717, 1.165) is 17.7 Å². The van der Waals surface area contributed by atoms with Crippen molar-refractivity contribution in [3.05, 3.63) is 21.9 Å². The lowest BCUT2D eigenvalue weighted by molar-refractivity contribution is -0.133. The third-order valence-electron chi connectivity index (χ3n) is 3.41. The molecular weight excluding hydrogens is 288 g/mol. The normalized spacial score (nSPS) is 10.7. The number of rotatable bonds is 8. The van der Waals surface area contributed by atoms with Gasteiger partial charge in [0.15, 0.2) is 0 Å². The van der Waals surface area contributed by atoms with E-state index in [0.29, 0.717) is 11.4 Å². The van der Waals surface area contributed by atoms with Crippen molar-refractivity contribution < 1.29 is 14.7 Å². The molecule has 0 aliphatic heterocycles. The highest BCUT2D eigenvalue weighted by atomic mass is 32.1. The second kappa shape index (κ2) is 8.79. The number of aryl methyl sites for hydroxylation is 1. The lowest BCUT2D eigenvalue weighted by Crippen LogP contribution is -2.46. The molecule has 6 heteroatoms. The number of nitrogens with zero attached hydrogens (tertiary/aromatic N) is 1. The Kier molecular flexibility index (Phi) is 7.39. The van der Waals surface area contributed by atoms with Gasteiger partial charge in [0.1, 0.15) is 0 Å². The summed E-state index contributed by atoms with van der Waals surface area (Å²) in [7, 11) is 0. The Bertz CT molecular complexity index is 469. The molecule has 118 valence electrons. The van der Waals surface area contributed by atoms with Gasteiger partial charge in [-0.05, 0) is 31.9 Å². The van der Waals surface area contributed by atoms with E-state index in [1.54, 1.807) is 11.0 Å². The highest BCUT2D eigenvalue weighted by Crippen LogP contribution is 2.14. The van der Waals surface area contributed by atoms with Crippen LogP contribution in [0.25, 0.3) is 0 Å². The van der Waals surface area contributed by atoms with Gasteiger partial charge in [0, 0.05) is 17.5 Å². The molecule has 0 fully saturated rings. The molecule has 0 unspecified atom stereocenters. The molecule has 0 aliphatic carbocycles. The second-order valence-electron chi connectivity index (χ2n) is 4.87. The average molecular weight is 312 g/mol. The van der Waals surface area contributed by atoms with Gasteiger partial charge in [-0.15, -0.1) is 11.3 Å². The van der Waals surface area contributed by atoms with Gasteiger partial charge in [-0.25, -0.2) is 0 Å². The molecule has 0 aliphatic rings. The van der Waals surface area contributed by atoms with Gasteiger partial charge < -0.3 is 15.3 Å². The highest BCUT2D eigenvalue weighted by molar-refractivity contribution is 7.13. The molecule has 1 aromatic heterocycles. The Balaban J connectivity index is 2.59. The monoisotopic (exact) mass is 312 g/mol. The molecular formula is C15H24N2O3S. The summed E-state index contributed by atoms with van der Waals surface area (Å²) < 4.78 is 0. The summed E-state index contributed by atoms with van der Waals surface area (Å²) in [6.45, 7) is 6.16. The van der Waals surface area contributed by atoms with Gasteiger partial charge in [0.2, 0.25) is 5.91 Å². The molecule has 5 nitrogen and oxygen atoms in total. The summed E-state index contributed by atoms with van der Waals surface area (Å²) in [6, 6.07) is 3.74. The smallest absolute Gasteiger partial charge is 0.261 e. The van der Waals surface area contributed by atoms with Crippen LogP contribution in [0.3, 0.4) is 0 Å². The van der Waals surface area contributed by atoms with Crippen molar-refractivity contribution in [2.75, 3.05) is 19.7 Å². The second-order valence-corrected chi connectivity index (χ2v) is 6.16. The number of thiophene rings is 1. The fourth-order valence-corrected chi connectivity index (χ4v) is 3.03. The highest BCUT2D eigenvalue weighted by Gasteiger charge is 2.21. The maximum atomic E-state index is 12.2. The lowest BCUT2D eigenvalue weighted by Gasteiger charge is -2.30. The summed E-state index contributed by atoms with van der Waals surface area (Å²) >= 11 is 1.40. The molecule has 21 heavy (non-hydrogen) atoms. The van der Waals surface area contributed by atoms with E-state index in [1.165, 1.54) is 11.3 Å². The summed E-state index contributed by atoms with van der Waals surface area (Å²) in [5.74, 6) is -0.380. The minimum absolute atomic E-state index is 0.0354. The van der Waals surface area contributed by atoms with Crippen LogP contribution in [-0.4, -0.2) is 47.6 Å². The third kappa shape index (κ3) is 5.13. The van der Waals surface area contributed by atoms with Crippen LogP contribution < -0.4 is 5.32 Å². The fraction of sp³-hybridized carbons (Fsp3) is 0.600. The molecule has 0 radical (unpaired) electrons. The molecule has 0 bridgehead atoms. The Morgan fingerprint density at radius 1 is 1.33 bits per heavy atom. The molecule has 2 amide bonds. The van der Waals surface area contributed by atoms with Gasteiger partial charge in [-0.3, -0.25) is 9.59 Å². The largest absolute Gasteiger partial charge is 0.395 e. The van der Waals surface area contributed by atoms with Crippen LogP contribution in [0, 0.1) is 6.92 Å². The fourth-order valence-electron chi connectivity index (χ4n) is 2.25. The van der Waals surface area contributed by atoms with Gasteiger partial charge in [0.05, 0.1) is 18.0 Å². The summed E-state index contributed by atoms with van der Waals surface area (Å²) in [4.78, 5) is 27.5. The molecule has 0 atom stereocenters. The molecule has 0 aromatic carbocycles. The predicted octanol–water partition coefficient (Wildman–Crippen LogP) is 1.80. The van der Waals surface area contributed by atoms with Crippen LogP contribution in [0.5, 0.6) is 0 Å². The van der Waals surface area contributed by atoms with Crippen molar-refractivity contribution in [2.24, 2.45) is 0 Å². The quantitative estimate of drug-likeness (QED) is 0.769. The van der Waals surface area contributed by atoms with Crippen molar-refractivity contribution in [1.29, 1.82) is 0 Å². The van der Waals surface area contributed by atoms with Crippen LogP contribution >= 0.6 is 11.3 Å². The van der Waals surface area contributed by atoms with E-state index in [1.807, 2.05) is 26.8 Å². The third-order valence-corrected chi connectivity index (χ3v) is 4.41. The lowest BCUT2D eigenvalue weighted by atomic mass is 10.1. The van der Waals surface area contributed by atoms with E-state index in [2.05, 4.69) is 5.32 Å². The number of amides is 2. The zero-order chi connectivity index (χ0) is 15.8. The number of nitrogens with one attached hydrogen (secondary N) is 1. The molecule has 0 saturated heterocycles. The SMILES string of the molecule is CCC(CC)N(CCO)C(=O)CNC(=O)c1ccc(C)s1. The van der Waals surface area contributed by atoms with Crippen molar-refractivity contribution >= 4 is 23.2 Å². The molecule has 0 saturated carbocycles. The number of hydrogen-bond donors (Lipinski definition) is 2. The summed E-state index contributed by atoms with van der Waals surface area (Å²) in [5, 5.41) is 11.8. The van der Waals surface area contributed by atoms with Crippen LogP contribution in [0.15, 0.2) is 12.1 Å². The van der Waals surface area contributed by atoms with Crippen molar-refractivity contribution in [1.82, 2.24) is 10.2 Å². The van der Waals surface area contributed by atoms with Gasteiger partial charge in [-0.2, -0.15) is 0 Å². The minimum atomic E-state index is -0.227. The first-order valence-electron chi connectivity index (χ1n) is 7.28. The first kappa shape index (κ1) is 17.7. The number of carbonyl (C=O) groups is 2. The number of hydrogen-bond acceptors (Lipinski definition) is 4. The maximum Gasteiger partial charge on any atom is 0.261 e. The van der Waals surface area contributed by atoms with Gasteiger partial charge in [0.25, 0.3) is 5.91 Å². The predicted molar refractivity (Wildman–Crippen MR) is 84.6 cm³/mol. The summed E-state index contributed by atoms with van der Waals surface area (Å²) in [5.41, 5.74) is 0. The standard InChI is InChI=1S/C15H24N2O3S/c1-4-12(5-2)17(8-9-18)14(19)10-16-15(20)13-7-6-11(3)21-13/h6-7,12,18H,4-5,8-10H2,1-3H3,(H,16,20). The molecule has 2 N–H and O–H groups in total. The van der Waals surface area contributed by atoms with Crippen LogP contribution in [0.2, 0.25) is 0 Å². The van der Waals surface area contributed by atoms with Crippen LogP contribution in [0.1, 0.15) is 41.2 Å². The minimum Gasteiger partial charge on any atom is -0.395 e. The Hall–Kier alpha value is -1.40. The van der Waals surface area contributed by atoms with E-state index >= 15 is 0 Å². The van der Waals surface area contributed by atoms with Crippen LogP contribution in [0.4, 0.5) is 0 Å². The first-order chi connectivity index (χ1) is 10.0. The zero-order valence-corrected chi connectivity index (χ0v) is 13.7. The number of aliphatic hydroxyl groups is 1. The summed E-state index contributed by atoms with van der Waals surface area (Å²) in [6.07, 6.45) is 1.67. The van der Waals surface area contributed by atoms with Crippen LogP contribution in [-0.2, 0) is 4.79 Å². The Morgan fingerprint density at radius 2 is 2.00 bits per heavy atom. The average Bonchev–Trinajstić information content (AvgIpc) is 2.91. The molecule has 0 spiro atoms. The van der Waals surface area contributed by atoms with E-state index in [4.69, 9.17) is 5.11 Å². The van der Waals surface area contributed by atoms with Gasteiger partial charge >= 0.3 is 0 Å². The first-order valence-corrected chi connectivity index (χ1v) is 8.10. The van der Waals surface area contributed by atoms with E-state index < -0.39 is 0 Å².